The zero-order chi connectivity index (χ0) is 18.6. The van der Waals surface area contributed by atoms with E-state index < -0.39 is 0 Å². The van der Waals surface area contributed by atoms with Gasteiger partial charge >= 0.3 is 0 Å². The zero-order valence-electron chi connectivity index (χ0n) is 15.4. The molecule has 0 unspecified atom stereocenters. The number of rotatable bonds is 2. The molecule has 132 valence electrons. The van der Waals surface area contributed by atoms with E-state index in [1.165, 1.54) is 26.2 Å². The lowest BCUT2D eigenvalue weighted by Gasteiger charge is -2.29. The van der Waals surface area contributed by atoms with Crippen LogP contribution in [0.4, 0.5) is 0 Å². The second kappa shape index (κ2) is 5.90. The molecule has 1 nitrogen and oxygen atoms in total. The average molecular weight is 369 g/mol. The summed E-state index contributed by atoms with van der Waals surface area (Å²) in [4.78, 5) is 2.51. The molecule has 0 saturated heterocycles. The molecule has 0 radical (unpaired) electrons. The summed E-state index contributed by atoms with van der Waals surface area (Å²) in [6.45, 7) is 4.52. The van der Waals surface area contributed by atoms with Crippen molar-refractivity contribution in [1.82, 2.24) is 0 Å². The van der Waals surface area contributed by atoms with E-state index >= 15 is 0 Å². The number of hydrogen-bond acceptors (Lipinski definition) is 2. The third kappa shape index (κ3) is 2.64. The highest BCUT2D eigenvalue weighted by Crippen LogP contribution is 2.45. The third-order valence-corrected chi connectivity index (χ3v) is 6.33. The fourth-order valence-corrected chi connectivity index (χ4v) is 5.37. The van der Waals surface area contributed by atoms with Crippen LogP contribution in [0.1, 0.15) is 13.8 Å². The minimum atomic E-state index is -0.0994. The third-order valence-electron chi connectivity index (χ3n) is 5.35. The Bertz CT molecular complexity index is 1260. The van der Waals surface area contributed by atoms with E-state index in [1.807, 2.05) is 30.3 Å². The molecule has 0 heterocycles. The Morgan fingerprint density at radius 1 is 0.852 bits per heavy atom. The van der Waals surface area contributed by atoms with Crippen molar-refractivity contribution >= 4 is 34.2 Å². The maximum atomic E-state index is 10.6. The molecule has 2 aliphatic carbocycles. The number of phenols is 1. The minimum Gasteiger partial charge on any atom is -0.507 e. The van der Waals surface area contributed by atoms with Crippen molar-refractivity contribution in [1.29, 1.82) is 0 Å². The predicted octanol–water partition coefficient (Wildman–Crippen LogP) is 5.13. The first-order chi connectivity index (χ1) is 13.0. The number of benzene rings is 3. The van der Waals surface area contributed by atoms with Gasteiger partial charge in [-0.25, -0.2) is 0 Å². The molecular weight excluding hydrogens is 348 g/mol. The molecule has 0 aliphatic heterocycles. The molecule has 0 atom stereocenters. The van der Waals surface area contributed by atoms with Gasteiger partial charge in [0.25, 0.3) is 0 Å². The van der Waals surface area contributed by atoms with E-state index in [2.05, 4.69) is 62.4 Å². The van der Waals surface area contributed by atoms with E-state index in [9.17, 15) is 5.11 Å². The van der Waals surface area contributed by atoms with Crippen molar-refractivity contribution in [2.24, 2.45) is 5.41 Å². The van der Waals surface area contributed by atoms with Crippen LogP contribution in [-0.4, -0.2) is 5.11 Å². The Hall–Kier alpha value is -2.71. The zero-order valence-corrected chi connectivity index (χ0v) is 16.2. The summed E-state index contributed by atoms with van der Waals surface area (Å²) in [7, 11) is 0. The predicted molar refractivity (Wildman–Crippen MR) is 115 cm³/mol. The number of thioether (sulfide) groups is 1. The fourth-order valence-electron chi connectivity index (χ4n) is 4.26. The van der Waals surface area contributed by atoms with E-state index in [-0.39, 0.29) is 5.41 Å². The molecule has 0 saturated carbocycles. The molecule has 3 aromatic carbocycles. The van der Waals surface area contributed by atoms with Crippen molar-refractivity contribution in [2.45, 2.75) is 18.7 Å². The van der Waals surface area contributed by atoms with Crippen molar-refractivity contribution in [3.05, 3.63) is 93.7 Å². The molecule has 3 aromatic rings. The van der Waals surface area contributed by atoms with Gasteiger partial charge in [-0.15, -0.1) is 0 Å². The summed E-state index contributed by atoms with van der Waals surface area (Å²) in [5, 5.41) is 15.0. The van der Waals surface area contributed by atoms with Gasteiger partial charge in [0.2, 0.25) is 0 Å². The first-order valence-corrected chi connectivity index (χ1v) is 10.00. The van der Waals surface area contributed by atoms with E-state index in [0.717, 1.165) is 16.0 Å². The molecule has 0 spiro atoms. The standard InChI is InChI=1S/C25H20OS/c1-25(2)15-18(27-17-8-4-3-5-9-17)12-16-13-21-19-10-6-7-11-20(19)23(26)14-22(21)24(16)25/h3-15,26H,1-2H3. The Morgan fingerprint density at radius 2 is 1.56 bits per heavy atom. The van der Waals surface area contributed by atoms with E-state index in [1.54, 1.807) is 11.8 Å². The van der Waals surface area contributed by atoms with Gasteiger partial charge in [0.1, 0.15) is 5.75 Å². The number of hydrogen-bond donors (Lipinski definition) is 1. The highest BCUT2D eigenvalue weighted by molar-refractivity contribution is 8.03. The smallest absolute Gasteiger partial charge is 0.124 e. The lowest BCUT2D eigenvalue weighted by molar-refractivity contribution is 0.481. The Morgan fingerprint density at radius 3 is 2.33 bits per heavy atom. The minimum absolute atomic E-state index is 0.0994. The van der Waals surface area contributed by atoms with Crippen LogP contribution in [0.15, 0.2) is 88.2 Å². The largest absolute Gasteiger partial charge is 0.507 e. The van der Waals surface area contributed by atoms with Gasteiger partial charge < -0.3 is 5.11 Å². The first kappa shape index (κ1) is 16.5. The molecule has 2 aliphatic rings. The van der Waals surface area contributed by atoms with E-state index in [0.29, 0.717) is 5.75 Å². The number of fused-ring (bicyclic) bond motifs is 4. The maximum Gasteiger partial charge on any atom is 0.124 e. The molecule has 0 aromatic heterocycles. The Kier molecular flexibility index (Phi) is 3.60. The van der Waals surface area contributed by atoms with Crippen LogP contribution < -0.4 is 10.4 Å². The van der Waals surface area contributed by atoms with Crippen LogP contribution >= 0.6 is 11.8 Å². The van der Waals surface area contributed by atoms with Gasteiger partial charge in [-0.2, -0.15) is 0 Å². The quantitative estimate of drug-likeness (QED) is 0.676. The van der Waals surface area contributed by atoms with Crippen LogP contribution in [0.3, 0.4) is 0 Å². The first-order valence-electron chi connectivity index (χ1n) is 9.18. The summed E-state index contributed by atoms with van der Waals surface area (Å²) in [5.41, 5.74) is 2.46. The van der Waals surface area contributed by atoms with Gasteiger partial charge in [-0.1, -0.05) is 74.1 Å². The molecular formula is C25H20OS. The molecule has 0 amide bonds. The summed E-state index contributed by atoms with van der Waals surface area (Å²) in [6, 6.07) is 20.5. The molecule has 5 rings (SSSR count). The normalized spacial score (nSPS) is 17.0. The van der Waals surface area contributed by atoms with Crippen LogP contribution in [0, 0.1) is 5.41 Å². The highest BCUT2D eigenvalue weighted by atomic mass is 32.2. The monoisotopic (exact) mass is 368 g/mol. The maximum absolute atomic E-state index is 10.6. The van der Waals surface area contributed by atoms with Crippen LogP contribution in [0.2, 0.25) is 0 Å². The summed E-state index contributed by atoms with van der Waals surface area (Å²) in [6.07, 6.45) is 6.91. The molecule has 1 N–H and O–H groups in total. The highest BCUT2D eigenvalue weighted by Gasteiger charge is 2.31. The number of allylic oxidation sites excluding steroid dienone is 3. The van der Waals surface area contributed by atoms with Crippen molar-refractivity contribution < 1.29 is 5.11 Å². The van der Waals surface area contributed by atoms with Crippen molar-refractivity contribution in [3.8, 4) is 5.75 Å². The van der Waals surface area contributed by atoms with Crippen molar-refractivity contribution in [3.63, 3.8) is 0 Å². The van der Waals surface area contributed by atoms with Gasteiger partial charge in [-0.05, 0) is 57.3 Å². The lowest BCUT2D eigenvalue weighted by Crippen LogP contribution is -2.28. The van der Waals surface area contributed by atoms with Gasteiger partial charge in [0.15, 0.2) is 0 Å². The topological polar surface area (TPSA) is 20.2 Å². The average Bonchev–Trinajstić information content (AvgIpc) is 3.02. The Balaban J connectivity index is 1.73. The SMILES string of the molecule is CC1(C)C=C(Sc2ccccc2)C=C2C=c3c(cc(O)c4ccccc34)=C21. The second-order valence-electron chi connectivity index (χ2n) is 7.71. The van der Waals surface area contributed by atoms with Crippen LogP contribution in [0.5, 0.6) is 5.75 Å². The Labute approximate surface area is 163 Å². The molecule has 2 heteroatoms. The lowest BCUT2D eigenvalue weighted by atomic mass is 9.77. The van der Waals surface area contributed by atoms with Crippen LogP contribution in [0.25, 0.3) is 22.4 Å². The molecule has 0 fully saturated rings. The van der Waals surface area contributed by atoms with Gasteiger partial charge in [0, 0.05) is 20.6 Å². The summed E-state index contributed by atoms with van der Waals surface area (Å²) >= 11 is 1.80. The molecule has 0 bridgehead atoms. The van der Waals surface area contributed by atoms with Crippen LogP contribution in [-0.2, 0) is 0 Å². The molecule has 27 heavy (non-hydrogen) atoms. The fraction of sp³-hybridized carbons (Fsp3) is 0.120. The van der Waals surface area contributed by atoms with E-state index in [4.69, 9.17) is 0 Å². The van der Waals surface area contributed by atoms with Gasteiger partial charge in [0.05, 0.1) is 0 Å². The van der Waals surface area contributed by atoms with Gasteiger partial charge in [-0.3, -0.25) is 0 Å². The number of phenolic OH excluding ortho intramolecular Hbond substituents is 1. The second-order valence-corrected chi connectivity index (χ2v) is 8.85. The number of aromatic hydroxyl groups is 1. The van der Waals surface area contributed by atoms with Crippen molar-refractivity contribution in [2.75, 3.05) is 0 Å². The summed E-state index contributed by atoms with van der Waals surface area (Å²) in [5.74, 6) is 0.357. The summed E-state index contributed by atoms with van der Waals surface area (Å²) < 4.78 is 0.